The molecule has 0 bridgehead atoms. The van der Waals surface area contributed by atoms with Gasteiger partial charge in [0.05, 0.1) is 5.54 Å². The molecule has 1 heterocycles. The second-order valence-corrected chi connectivity index (χ2v) is 5.30. The lowest BCUT2D eigenvalue weighted by Gasteiger charge is -2.28. The van der Waals surface area contributed by atoms with E-state index in [1.165, 1.54) is 6.92 Å². The molecule has 0 aromatic heterocycles. The van der Waals surface area contributed by atoms with Gasteiger partial charge in [-0.3, -0.25) is 9.59 Å². The van der Waals surface area contributed by atoms with Crippen molar-refractivity contribution >= 4 is 11.8 Å². The summed E-state index contributed by atoms with van der Waals surface area (Å²) in [6, 6.07) is 0.0986. The summed E-state index contributed by atoms with van der Waals surface area (Å²) in [7, 11) is 0. The number of amides is 2. The highest BCUT2D eigenvalue weighted by atomic mass is 16.2. The molecule has 3 N–H and O–H groups in total. The number of hydrogen-bond acceptors (Lipinski definition) is 3. The number of carbonyl (C=O) groups is 2. The monoisotopic (exact) mass is 239 g/mol. The van der Waals surface area contributed by atoms with Crippen LogP contribution in [0.5, 0.6) is 0 Å². The molecular formula is C12H21N3O2. The first-order valence-corrected chi connectivity index (χ1v) is 6.37. The van der Waals surface area contributed by atoms with Crippen LogP contribution in [0.3, 0.4) is 0 Å². The van der Waals surface area contributed by atoms with E-state index < -0.39 is 5.54 Å². The Labute approximate surface area is 102 Å². The third-order valence-electron chi connectivity index (χ3n) is 3.80. The van der Waals surface area contributed by atoms with Gasteiger partial charge in [-0.2, -0.15) is 0 Å². The number of nitrogens with zero attached hydrogens (tertiary/aromatic N) is 1. The second-order valence-electron chi connectivity index (χ2n) is 5.30. The summed E-state index contributed by atoms with van der Waals surface area (Å²) in [4.78, 5) is 25.1. The van der Waals surface area contributed by atoms with Crippen LogP contribution in [0.2, 0.25) is 0 Å². The van der Waals surface area contributed by atoms with Crippen LogP contribution in [0, 0.1) is 0 Å². The Morgan fingerprint density at radius 1 is 1.35 bits per heavy atom. The zero-order valence-electron chi connectivity index (χ0n) is 10.4. The SMILES string of the molecule is CC(=O)NC1CCN(C(=O)C2(N)CCCC2)C1. The molecule has 5 heteroatoms. The zero-order chi connectivity index (χ0) is 12.5. The van der Waals surface area contributed by atoms with Crippen LogP contribution < -0.4 is 11.1 Å². The molecule has 0 aromatic carbocycles. The lowest BCUT2D eigenvalue weighted by Crippen LogP contribution is -2.53. The standard InChI is InChI=1S/C12H21N3O2/c1-9(16)14-10-4-7-15(8-10)11(17)12(13)5-2-3-6-12/h10H,2-8,13H2,1H3,(H,14,16). The first-order valence-electron chi connectivity index (χ1n) is 6.37. The van der Waals surface area contributed by atoms with Gasteiger partial charge in [0.2, 0.25) is 11.8 Å². The minimum absolute atomic E-state index is 0.0346. The Kier molecular flexibility index (Phi) is 3.38. The topological polar surface area (TPSA) is 75.4 Å². The van der Waals surface area contributed by atoms with Crippen LogP contribution in [0.25, 0.3) is 0 Å². The van der Waals surface area contributed by atoms with Crippen molar-refractivity contribution in [1.29, 1.82) is 0 Å². The fraction of sp³-hybridized carbons (Fsp3) is 0.833. The van der Waals surface area contributed by atoms with E-state index in [-0.39, 0.29) is 17.9 Å². The van der Waals surface area contributed by atoms with Gasteiger partial charge >= 0.3 is 0 Å². The maximum atomic E-state index is 12.3. The number of likely N-dealkylation sites (tertiary alicyclic amines) is 1. The molecule has 1 saturated heterocycles. The van der Waals surface area contributed by atoms with Crippen molar-refractivity contribution in [2.45, 2.75) is 50.6 Å². The van der Waals surface area contributed by atoms with Gasteiger partial charge in [0.25, 0.3) is 0 Å². The lowest BCUT2D eigenvalue weighted by atomic mass is 9.97. The smallest absolute Gasteiger partial charge is 0.242 e. The van der Waals surface area contributed by atoms with E-state index in [0.29, 0.717) is 13.1 Å². The van der Waals surface area contributed by atoms with Crippen LogP contribution in [-0.4, -0.2) is 41.4 Å². The summed E-state index contributed by atoms with van der Waals surface area (Å²) in [6.07, 6.45) is 4.53. The molecule has 2 rings (SSSR count). The van der Waals surface area contributed by atoms with E-state index in [1.54, 1.807) is 0 Å². The molecule has 0 aromatic rings. The Hall–Kier alpha value is -1.10. The number of nitrogens with two attached hydrogens (primary N) is 1. The largest absolute Gasteiger partial charge is 0.352 e. The molecule has 1 aliphatic heterocycles. The van der Waals surface area contributed by atoms with Crippen molar-refractivity contribution in [3.8, 4) is 0 Å². The van der Waals surface area contributed by atoms with Gasteiger partial charge in [-0.15, -0.1) is 0 Å². The van der Waals surface area contributed by atoms with Crippen LogP contribution in [0.4, 0.5) is 0 Å². The van der Waals surface area contributed by atoms with E-state index in [0.717, 1.165) is 32.1 Å². The summed E-state index contributed by atoms with van der Waals surface area (Å²) in [6.45, 7) is 2.83. The van der Waals surface area contributed by atoms with Gasteiger partial charge in [-0.25, -0.2) is 0 Å². The summed E-state index contributed by atoms with van der Waals surface area (Å²) in [5.74, 6) is 0.0375. The molecule has 1 unspecified atom stereocenters. The highest BCUT2D eigenvalue weighted by Gasteiger charge is 2.41. The highest BCUT2D eigenvalue weighted by Crippen LogP contribution is 2.30. The van der Waals surface area contributed by atoms with E-state index in [2.05, 4.69) is 5.32 Å². The molecule has 96 valence electrons. The number of rotatable bonds is 2. The third kappa shape index (κ3) is 2.60. The van der Waals surface area contributed by atoms with Crippen molar-refractivity contribution < 1.29 is 9.59 Å². The number of hydrogen-bond donors (Lipinski definition) is 2. The van der Waals surface area contributed by atoms with E-state index in [1.807, 2.05) is 4.90 Å². The van der Waals surface area contributed by atoms with Gasteiger partial charge < -0.3 is 16.0 Å². The molecule has 0 radical (unpaired) electrons. The van der Waals surface area contributed by atoms with Crippen LogP contribution >= 0.6 is 0 Å². The van der Waals surface area contributed by atoms with Crippen molar-refractivity contribution in [1.82, 2.24) is 10.2 Å². The summed E-state index contributed by atoms with van der Waals surface area (Å²) in [5, 5.41) is 2.86. The fourth-order valence-electron chi connectivity index (χ4n) is 2.88. The van der Waals surface area contributed by atoms with Crippen LogP contribution in [0.1, 0.15) is 39.0 Å². The van der Waals surface area contributed by atoms with Gasteiger partial charge in [-0.1, -0.05) is 12.8 Å². The fourth-order valence-corrected chi connectivity index (χ4v) is 2.88. The van der Waals surface area contributed by atoms with Crippen molar-refractivity contribution in [2.75, 3.05) is 13.1 Å². The quantitative estimate of drug-likeness (QED) is 0.712. The Balaban J connectivity index is 1.91. The lowest BCUT2D eigenvalue weighted by molar-refractivity contribution is -0.136. The molecule has 0 spiro atoms. The van der Waals surface area contributed by atoms with Gasteiger partial charge in [0.1, 0.15) is 0 Å². The second kappa shape index (κ2) is 4.64. The minimum Gasteiger partial charge on any atom is -0.352 e. The van der Waals surface area contributed by atoms with Crippen LogP contribution in [-0.2, 0) is 9.59 Å². The zero-order valence-corrected chi connectivity index (χ0v) is 10.4. The van der Waals surface area contributed by atoms with E-state index >= 15 is 0 Å². The summed E-state index contributed by atoms with van der Waals surface area (Å²) in [5.41, 5.74) is 5.52. The Bertz CT molecular complexity index is 324. The molecule has 1 aliphatic carbocycles. The third-order valence-corrected chi connectivity index (χ3v) is 3.80. The molecule has 2 aliphatic rings. The highest BCUT2D eigenvalue weighted by molar-refractivity contribution is 5.86. The molecule has 2 fully saturated rings. The van der Waals surface area contributed by atoms with E-state index in [9.17, 15) is 9.59 Å². The Morgan fingerprint density at radius 3 is 2.59 bits per heavy atom. The maximum absolute atomic E-state index is 12.3. The van der Waals surface area contributed by atoms with Crippen molar-refractivity contribution in [3.63, 3.8) is 0 Å². The predicted octanol–water partition coefficient (Wildman–Crippen LogP) is -0.00510. The normalized spacial score (nSPS) is 27.2. The van der Waals surface area contributed by atoms with Gasteiger partial charge in [0.15, 0.2) is 0 Å². The molecule has 17 heavy (non-hydrogen) atoms. The molecule has 5 nitrogen and oxygen atoms in total. The predicted molar refractivity (Wildman–Crippen MR) is 64.2 cm³/mol. The van der Waals surface area contributed by atoms with Crippen molar-refractivity contribution in [3.05, 3.63) is 0 Å². The van der Waals surface area contributed by atoms with Gasteiger partial charge in [-0.05, 0) is 19.3 Å². The minimum atomic E-state index is -0.634. The number of nitrogens with one attached hydrogen (secondary N) is 1. The van der Waals surface area contributed by atoms with E-state index in [4.69, 9.17) is 5.73 Å². The van der Waals surface area contributed by atoms with Gasteiger partial charge in [0, 0.05) is 26.1 Å². The molecular weight excluding hydrogens is 218 g/mol. The first kappa shape index (κ1) is 12.4. The van der Waals surface area contributed by atoms with Crippen molar-refractivity contribution in [2.24, 2.45) is 5.73 Å². The molecule has 2 amide bonds. The Morgan fingerprint density at radius 2 is 2.00 bits per heavy atom. The first-order chi connectivity index (χ1) is 8.01. The summed E-state index contributed by atoms with van der Waals surface area (Å²) >= 11 is 0. The molecule has 1 saturated carbocycles. The average Bonchev–Trinajstić information content (AvgIpc) is 2.86. The summed E-state index contributed by atoms with van der Waals surface area (Å²) < 4.78 is 0. The van der Waals surface area contributed by atoms with Crippen LogP contribution in [0.15, 0.2) is 0 Å². The average molecular weight is 239 g/mol. The maximum Gasteiger partial charge on any atom is 0.242 e. The molecule has 1 atom stereocenters. The number of carbonyl (C=O) groups excluding carboxylic acids is 2.